The maximum atomic E-state index is 11.2. The van der Waals surface area contributed by atoms with Crippen molar-refractivity contribution in [2.24, 2.45) is 0 Å². The second kappa shape index (κ2) is 5.53. The van der Waals surface area contributed by atoms with Crippen molar-refractivity contribution in [3.8, 4) is 11.5 Å². The Morgan fingerprint density at radius 2 is 2.14 bits per heavy atom. The van der Waals surface area contributed by atoms with E-state index in [1.807, 2.05) is 18.4 Å². The molecule has 0 fully saturated rings. The number of rotatable bonds is 4. The van der Waals surface area contributed by atoms with Crippen molar-refractivity contribution in [2.75, 3.05) is 12.1 Å². The van der Waals surface area contributed by atoms with Crippen molar-refractivity contribution in [3.05, 3.63) is 43.0 Å². The Morgan fingerprint density at radius 1 is 1.43 bits per heavy atom. The fraction of sp³-hybridized carbons (Fsp3) is 0.231. The number of nitro groups is 1. The van der Waals surface area contributed by atoms with E-state index in [2.05, 4.69) is 21.2 Å². The molecule has 110 valence electrons. The third-order valence-electron chi connectivity index (χ3n) is 3.10. The number of nitrogens with one attached hydrogen (secondary N) is 1. The highest BCUT2D eigenvalue weighted by Gasteiger charge is 2.25. The van der Waals surface area contributed by atoms with Gasteiger partial charge in [0.15, 0.2) is 11.5 Å². The van der Waals surface area contributed by atoms with E-state index in [1.165, 1.54) is 6.07 Å². The number of nitro benzene ring substituents is 1. The Bertz CT molecular complexity index is 703. The average molecular weight is 371 g/mol. The molecule has 1 aromatic heterocycles. The number of ether oxygens (including phenoxy) is 2. The molecule has 0 aliphatic carbocycles. The summed E-state index contributed by atoms with van der Waals surface area (Å²) in [5.41, 5.74) is 0.385. The van der Waals surface area contributed by atoms with Gasteiger partial charge in [0.1, 0.15) is 5.69 Å². The van der Waals surface area contributed by atoms with Gasteiger partial charge in [-0.1, -0.05) is 0 Å². The van der Waals surface area contributed by atoms with Crippen molar-refractivity contribution >= 4 is 38.6 Å². The molecule has 1 aromatic carbocycles. The summed E-state index contributed by atoms with van der Waals surface area (Å²) in [5, 5.41) is 16.4. The summed E-state index contributed by atoms with van der Waals surface area (Å²) in [6.45, 7) is 2.03. The van der Waals surface area contributed by atoms with Gasteiger partial charge in [0.25, 0.3) is 5.69 Å². The van der Waals surface area contributed by atoms with Crippen LogP contribution in [0.5, 0.6) is 11.5 Å². The number of halogens is 1. The van der Waals surface area contributed by atoms with Crippen LogP contribution in [0.3, 0.4) is 0 Å². The molecule has 0 radical (unpaired) electrons. The standard InChI is InChI=1S/C13H11BrN2O4S/c1-7(13-8(14)2-3-21-13)15-9-4-11-12(20-6-19-11)5-10(9)16(17)18/h2-5,7,15H,6H2,1H3. The molecule has 1 N–H and O–H groups in total. The van der Waals surface area contributed by atoms with Gasteiger partial charge in [-0.15, -0.1) is 11.3 Å². The first-order valence-corrected chi connectivity index (χ1v) is 7.81. The highest BCUT2D eigenvalue weighted by molar-refractivity contribution is 9.10. The predicted octanol–water partition coefficient (Wildman–Crippen LogP) is 4.32. The van der Waals surface area contributed by atoms with Crippen molar-refractivity contribution < 1.29 is 14.4 Å². The topological polar surface area (TPSA) is 73.6 Å². The largest absolute Gasteiger partial charge is 0.454 e. The SMILES string of the molecule is CC(Nc1cc2c(cc1[N+](=O)[O-])OCO2)c1sccc1Br. The fourth-order valence-corrected chi connectivity index (χ4v) is 3.84. The van der Waals surface area contributed by atoms with Crippen LogP contribution in [-0.4, -0.2) is 11.7 Å². The lowest BCUT2D eigenvalue weighted by molar-refractivity contribution is -0.384. The average Bonchev–Trinajstić information content (AvgIpc) is 3.05. The quantitative estimate of drug-likeness (QED) is 0.640. The Hall–Kier alpha value is -1.80. The summed E-state index contributed by atoms with van der Waals surface area (Å²) in [7, 11) is 0. The van der Waals surface area contributed by atoms with Crippen LogP contribution >= 0.6 is 27.3 Å². The first-order valence-electron chi connectivity index (χ1n) is 6.13. The minimum Gasteiger partial charge on any atom is -0.454 e. The Kier molecular flexibility index (Phi) is 3.73. The van der Waals surface area contributed by atoms with Crippen LogP contribution in [0.1, 0.15) is 17.8 Å². The Labute approximate surface area is 133 Å². The lowest BCUT2D eigenvalue weighted by Crippen LogP contribution is -2.07. The summed E-state index contributed by atoms with van der Waals surface area (Å²) >= 11 is 5.05. The van der Waals surface area contributed by atoms with E-state index < -0.39 is 4.92 Å². The molecule has 0 spiro atoms. The molecule has 0 saturated heterocycles. The van der Waals surface area contributed by atoms with Gasteiger partial charge in [0.05, 0.1) is 17.0 Å². The van der Waals surface area contributed by atoms with Gasteiger partial charge in [0.2, 0.25) is 6.79 Å². The summed E-state index contributed by atoms with van der Waals surface area (Å²) < 4.78 is 11.4. The number of hydrogen-bond donors (Lipinski definition) is 1. The zero-order valence-electron chi connectivity index (χ0n) is 11.0. The van der Waals surface area contributed by atoms with E-state index >= 15 is 0 Å². The van der Waals surface area contributed by atoms with Gasteiger partial charge < -0.3 is 14.8 Å². The summed E-state index contributed by atoms with van der Waals surface area (Å²) in [5.74, 6) is 0.915. The van der Waals surface area contributed by atoms with Gasteiger partial charge in [0, 0.05) is 15.4 Å². The number of benzene rings is 1. The molecule has 3 rings (SSSR count). The third kappa shape index (κ3) is 2.68. The zero-order valence-corrected chi connectivity index (χ0v) is 13.4. The van der Waals surface area contributed by atoms with Crippen LogP contribution in [0.4, 0.5) is 11.4 Å². The molecular weight excluding hydrogens is 360 g/mol. The molecule has 21 heavy (non-hydrogen) atoms. The first-order chi connectivity index (χ1) is 10.1. The molecule has 1 aliphatic rings. The monoisotopic (exact) mass is 370 g/mol. The molecule has 2 heterocycles. The van der Waals surface area contributed by atoms with E-state index in [9.17, 15) is 10.1 Å². The van der Waals surface area contributed by atoms with Crippen molar-refractivity contribution in [1.29, 1.82) is 0 Å². The molecule has 2 aromatic rings. The highest BCUT2D eigenvalue weighted by Crippen LogP contribution is 2.42. The lowest BCUT2D eigenvalue weighted by atomic mass is 10.2. The second-order valence-electron chi connectivity index (χ2n) is 4.48. The smallest absolute Gasteiger partial charge is 0.296 e. The van der Waals surface area contributed by atoms with E-state index in [-0.39, 0.29) is 18.5 Å². The Balaban J connectivity index is 1.94. The van der Waals surface area contributed by atoms with Crippen LogP contribution < -0.4 is 14.8 Å². The van der Waals surface area contributed by atoms with Gasteiger partial charge in [-0.3, -0.25) is 10.1 Å². The zero-order chi connectivity index (χ0) is 15.0. The third-order valence-corrected chi connectivity index (χ3v) is 5.15. The number of anilines is 1. The minimum atomic E-state index is -0.430. The fourth-order valence-electron chi connectivity index (χ4n) is 2.11. The van der Waals surface area contributed by atoms with Gasteiger partial charge in [-0.05, 0) is 34.3 Å². The highest BCUT2D eigenvalue weighted by atomic mass is 79.9. The number of thiophene rings is 1. The lowest BCUT2D eigenvalue weighted by Gasteiger charge is -2.15. The summed E-state index contributed by atoms with van der Waals surface area (Å²) in [6, 6.07) is 4.88. The molecule has 0 bridgehead atoms. The van der Waals surface area contributed by atoms with Gasteiger partial charge in [-0.25, -0.2) is 0 Å². The van der Waals surface area contributed by atoms with Crippen molar-refractivity contribution in [1.82, 2.24) is 0 Å². The van der Waals surface area contributed by atoms with E-state index in [1.54, 1.807) is 17.4 Å². The van der Waals surface area contributed by atoms with Crippen LogP contribution in [0.2, 0.25) is 0 Å². The molecule has 8 heteroatoms. The van der Waals surface area contributed by atoms with Crippen LogP contribution in [0.25, 0.3) is 0 Å². The maximum absolute atomic E-state index is 11.2. The summed E-state index contributed by atoms with van der Waals surface area (Å²) in [6.07, 6.45) is 0. The molecule has 1 unspecified atom stereocenters. The van der Waals surface area contributed by atoms with Crippen LogP contribution in [-0.2, 0) is 0 Å². The van der Waals surface area contributed by atoms with Crippen LogP contribution in [0.15, 0.2) is 28.1 Å². The van der Waals surface area contributed by atoms with E-state index in [0.29, 0.717) is 17.2 Å². The van der Waals surface area contributed by atoms with E-state index in [0.717, 1.165) is 9.35 Å². The van der Waals surface area contributed by atoms with Gasteiger partial charge >= 0.3 is 0 Å². The van der Waals surface area contributed by atoms with Crippen molar-refractivity contribution in [2.45, 2.75) is 13.0 Å². The van der Waals surface area contributed by atoms with Crippen LogP contribution in [0, 0.1) is 10.1 Å². The summed E-state index contributed by atoms with van der Waals surface area (Å²) in [4.78, 5) is 11.9. The Morgan fingerprint density at radius 3 is 2.76 bits per heavy atom. The number of hydrogen-bond acceptors (Lipinski definition) is 6. The predicted molar refractivity (Wildman–Crippen MR) is 83.3 cm³/mol. The van der Waals surface area contributed by atoms with E-state index in [4.69, 9.17) is 9.47 Å². The maximum Gasteiger partial charge on any atom is 0.296 e. The number of fused-ring (bicyclic) bond motifs is 1. The molecule has 0 amide bonds. The molecule has 1 aliphatic heterocycles. The molecule has 0 saturated carbocycles. The van der Waals surface area contributed by atoms with Gasteiger partial charge in [-0.2, -0.15) is 0 Å². The molecule has 1 atom stereocenters. The second-order valence-corrected chi connectivity index (χ2v) is 6.28. The van der Waals surface area contributed by atoms with Crippen molar-refractivity contribution in [3.63, 3.8) is 0 Å². The first kappa shape index (κ1) is 14.2. The molecule has 6 nitrogen and oxygen atoms in total. The minimum absolute atomic E-state index is 0.0289. The molecular formula is C13H11BrN2O4S. The number of nitrogens with zero attached hydrogens (tertiary/aromatic N) is 1. The normalized spacial score (nSPS) is 14.0.